The molecule has 2 aromatic carbocycles. The minimum absolute atomic E-state index is 0.0140. The quantitative estimate of drug-likeness (QED) is 0.116. The summed E-state index contributed by atoms with van der Waals surface area (Å²) in [4.78, 5) is 49.4. The number of amides is 2. The number of aromatic nitrogens is 2. The predicted octanol–water partition coefficient (Wildman–Crippen LogP) is 2.60. The van der Waals surface area contributed by atoms with Crippen molar-refractivity contribution in [3.63, 3.8) is 0 Å². The van der Waals surface area contributed by atoms with E-state index in [1.807, 2.05) is 60.7 Å². The Morgan fingerprint density at radius 3 is 2.39 bits per heavy atom. The fraction of sp³-hybridized carbons (Fsp3) is 0.296. The summed E-state index contributed by atoms with van der Waals surface area (Å²) < 4.78 is 11.5. The van der Waals surface area contributed by atoms with Gasteiger partial charge in [0.05, 0.1) is 5.92 Å². The highest BCUT2D eigenvalue weighted by Gasteiger charge is 2.61. The third kappa shape index (κ3) is 5.97. The van der Waals surface area contributed by atoms with Crippen LogP contribution in [0.3, 0.4) is 0 Å². The van der Waals surface area contributed by atoms with Gasteiger partial charge in [-0.2, -0.15) is 9.36 Å². The van der Waals surface area contributed by atoms with Gasteiger partial charge in [0.1, 0.15) is 6.61 Å². The van der Waals surface area contributed by atoms with Crippen LogP contribution in [0.5, 0.6) is 0 Å². The van der Waals surface area contributed by atoms with Crippen LogP contribution in [0.4, 0.5) is 5.13 Å². The van der Waals surface area contributed by atoms with Gasteiger partial charge in [-0.3, -0.25) is 4.79 Å². The van der Waals surface area contributed by atoms with Gasteiger partial charge in [-0.25, -0.2) is 9.59 Å². The van der Waals surface area contributed by atoms with Crippen LogP contribution in [0.15, 0.2) is 65.8 Å². The van der Waals surface area contributed by atoms with Crippen molar-refractivity contribution >= 4 is 68.6 Å². The molecule has 0 bridgehead atoms. The van der Waals surface area contributed by atoms with Crippen molar-refractivity contribution in [3.05, 3.63) is 77.6 Å². The number of rotatable bonds is 10. The van der Waals surface area contributed by atoms with Crippen molar-refractivity contribution in [2.24, 2.45) is 11.1 Å². The van der Waals surface area contributed by atoms with E-state index in [-0.39, 0.29) is 35.1 Å². The first-order valence-corrected chi connectivity index (χ1v) is 15.0. The minimum atomic E-state index is -0.985. The van der Waals surface area contributed by atoms with E-state index in [1.165, 1.54) is 16.3 Å². The molecule has 0 saturated carbocycles. The number of carbonyl (C=O) groups is 3. The molecule has 1 aromatic heterocycles. The molecule has 0 fully saturated rings. The van der Waals surface area contributed by atoms with E-state index in [0.717, 1.165) is 22.7 Å². The second kappa shape index (κ2) is 12.8. The molecule has 41 heavy (non-hydrogen) atoms. The number of anilines is 1. The average molecular weight is 614 g/mol. The van der Waals surface area contributed by atoms with Gasteiger partial charge in [0.2, 0.25) is 17.6 Å². The molecule has 14 heteroatoms. The largest absolute Gasteiger partial charge is 0.448 e. The van der Waals surface area contributed by atoms with Crippen LogP contribution in [0.25, 0.3) is 0 Å². The number of nitrogens with one attached hydrogen (secondary N) is 1. The lowest BCUT2D eigenvalue weighted by atomic mass is 9.97. The molecule has 3 aromatic rings. The Morgan fingerprint density at radius 2 is 1.83 bits per heavy atom. The van der Waals surface area contributed by atoms with Gasteiger partial charge in [0.25, 0.3) is 17.0 Å². The van der Waals surface area contributed by atoms with Crippen LogP contribution in [-0.2, 0) is 24.0 Å². The lowest BCUT2D eigenvalue weighted by Crippen LogP contribution is -2.68. The van der Waals surface area contributed by atoms with Crippen LogP contribution in [0.1, 0.15) is 30.0 Å². The summed E-state index contributed by atoms with van der Waals surface area (Å²) in [5.41, 5.74) is 7.04. The number of oxime groups is 1. The molecule has 5 rings (SSSR count). The molecule has 2 aliphatic rings. The van der Waals surface area contributed by atoms with Crippen molar-refractivity contribution in [3.8, 4) is 0 Å². The van der Waals surface area contributed by atoms with Gasteiger partial charge in [-0.15, -0.1) is 16.2 Å². The molecular weight excluding hydrogens is 588 g/mol. The number of hydrogen-bond acceptors (Lipinski definition) is 11. The van der Waals surface area contributed by atoms with Crippen molar-refractivity contribution in [1.82, 2.24) is 14.7 Å². The normalized spacial score (nSPS) is 20.3. The maximum absolute atomic E-state index is 13.8. The summed E-state index contributed by atoms with van der Waals surface area (Å²) in [5.74, 6) is -1.53. The number of carbonyl (C=O) groups excluding carboxylic acids is 3. The zero-order chi connectivity index (χ0) is 28.9. The Kier molecular flexibility index (Phi) is 8.96. The Morgan fingerprint density at radius 1 is 1.17 bits per heavy atom. The number of nitrogen functional groups attached to an aromatic ring is 1. The highest BCUT2D eigenvalue weighted by Crippen LogP contribution is 2.34. The first-order chi connectivity index (χ1) is 19.9. The van der Waals surface area contributed by atoms with Crippen LogP contribution >= 0.6 is 34.9 Å². The zero-order valence-corrected chi connectivity index (χ0v) is 24.2. The van der Waals surface area contributed by atoms with Crippen molar-refractivity contribution in [2.75, 3.05) is 24.0 Å². The maximum Gasteiger partial charge on any atom is 0.422 e. The molecule has 3 unspecified atom stereocenters. The van der Waals surface area contributed by atoms with Crippen molar-refractivity contribution in [1.29, 1.82) is 0 Å². The maximum atomic E-state index is 13.8. The van der Waals surface area contributed by atoms with Gasteiger partial charge in [-0.1, -0.05) is 77.6 Å². The SMILES string of the molecule is CCON=C(C(=O)NC1C(=O)[N+]2=C1SCC(CCl)C2C(=O)OC(c1ccccc1)c1ccccc1)c1nsc(N)n1. The van der Waals surface area contributed by atoms with E-state index in [4.69, 9.17) is 26.9 Å². The molecule has 0 radical (unpaired) electrons. The third-order valence-electron chi connectivity index (χ3n) is 6.45. The summed E-state index contributed by atoms with van der Waals surface area (Å²) in [6.07, 6.45) is -0.679. The Bertz CT molecular complexity index is 1460. The summed E-state index contributed by atoms with van der Waals surface area (Å²) in [5, 5.41) is 7.16. The molecule has 0 spiro atoms. The fourth-order valence-electron chi connectivity index (χ4n) is 4.51. The predicted molar refractivity (Wildman–Crippen MR) is 156 cm³/mol. The number of ether oxygens (including phenoxy) is 1. The second-order valence-electron chi connectivity index (χ2n) is 9.08. The molecule has 3 atom stereocenters. The first-order valence-electron chi connectivity index (χ1n) is 12.7. The molecule has 0 aliphatic carbocycles. The minimum Gasteiger partial charge on any atom is -0.448 e. The van der Waals surface area contributed by atoms with E-state index in [9.17, 15) is 14.4 Å². The summed E-state index contributed by atoms with van der Waals surface area (Å²) in [6, 6.07) is 16.8. The molecular formula is C27H26ClN6O5S2+. The number of esters is 1. The number of thioether (sulfide) groups is 1. The highest BCUT2D eigenvalue weighted by atomic mass is 35.5. The van der Waals surface area contributed by atoms with E-state index < -0.39 is 36.0 Å². The smallest absolute Gasteiger partial charge is 0.422 e. The van der Waals surface area contributed by atoms with Gasteiger partial charge >= 0.3 is 11.9 Å². The van der Waals surface area contributed by atoms with Crippen molar-refractivity contribution in [2.45, 2.75) is 25.1 Å². The van der Waals surface area contributed by atoms with Gasteiger partial charge in [0, 0.05) is 23.2 Å². The van der Waals surface area contributed by atoms with E-state index in [2.05, 4.69) is 19.8 Å². The lowest BCUT2D eigenvalue weighted by Gasteiger charge is -2.34. The van der Waals surface area contributed by atoms with E-state index in [1.54, 1.807) is 6.92 Å². The number of hydrogen-bond donors (Lipinski definition) is 2. The Labute approximate surface area is 248 Å². The van der Waals surface area contributed by atoms with Gasteiger partial charge < -0.3 is 20.6 Å². The summed E-state index contributed by atoms with van der Waals surface area (Å²) >= 11 is 8.52. The molecule has 3 N–H and O–H groups in total. The molecule has 2 aliphatic heterocycles. The molecule has 212 valence electrons. The third-order valence-corrected chi connectivity index (χ3v) is 8.71. The molecule has 3 heterocycles. The Hall–Kier alpha value is -3.81. The standard InChI is InChI=1S/C27H25ClN6O5S2/c1-2-38-32-18(22-31-27(29)41-33-22)23(35)30-19-24(36)34-20(17(13-28)14-40-25(19)34)26(37)39-21(15-9-5-3-6-10-15)16-11-7-4-8-12-16/h3-12,17,19-21H,2,13-14H2,1H3,(H2-,29,30,31,33,35)/p+1. The van der Waals surface area contributed by atoms with Crippen LogP contribution in [0, 0.1) is 5.92 Å². The van der Waals surface area contributed by atoms with E-state index in [0.29, 0.717) is 10.8 Å². The van der Waals surface area contributed by atoms with Crippen molar-refractivity contribution < 1.29 is 28.5 Å². The first kappa shape index (κ1) is 28.7. The van der Waals surface area contributed by atoms with Crippen LogP contribution < -0.4 is 11.1 Å². The topological polar surface area (TPSA) is 149 Å². The zero-order valence-electron chi connectivity index (χ0n) is 21.8. The Balaban J connectivity index is 1.40. The van der Waals surface area contributed by atoms with E-state index >= 15 is 0 Å². The number of nitrogens with zero attached hydrogens (tertiary/aromatic N) is 4. The number of halogens is 1. The fourth-order valence-corrected chi connectivity index (χ4v) is 6.71. The van der Waals surface area contributed by atoms with Gasteiger partial charge in [-0.05, 0) is 18.1 Å². The average Bonchev–Trinajstić information content (AvgIpc) is 3.44. The molecule has 2 amide bonds. The monoisotopic (exact) mass is 613 g/mol. The number of alkyl halides is 1. The summed E-state index contributed by atoms with van der Waals surface area (Å²) in [7, 11) is 0. The summed E-state index contributed by atoms with van der Waals surface area (Å²) in [6.45, 7) is 1.91. The molecule has 11 nitrogen and oxygen atoms in total. The number of nitrogens with two attached hydrogens (primary N) is 1. The van der Waals surface area contributed by atoms with Crippen LogP contribution in [-0.4, -0.2) is 72.8 Å². The lowest BCUT2D eigenvalue weighted by molar-refractivity contribution is -0.503. The van der Waals surface area contributed by atoms with Crippen LogP contribution in [0.2, 0.25) is 0 Å². The highest BCUT2D eigenvalue weighted by molar-refractivity contribution is 8.14. The van der Waals surface area contributed by atoms with Gasteiger partial charge in [0.15, 0.2) is 11.2 Å². The second-order valence-corrected chi connectivity index (χ2v) is 11.2. The molecule has 0 saturated heterocycles. The number of benzene rings is 2.